The molecule has 140 valence electrons. The average Bonchev–Trinajstić information content (AvgIpc) is 3.06. The van der Waals surface area contributed by atoms with Gasteiger partial charge in [0, 0.05) is 24.2 Å². The zero-order chi connectivity index (χ0) is 19.6. The van der Waals surface area contributed by atoms with E-state index in [-0.39, 0.29) is 76.4 Å². The molecule has 0 aromatic heterocycles. The van der Waals surface area contributed by atoms with E-state index in [1.54, 1.807) is 31.2 Å². The van der Waals surface area contributed by atoms with Crippen molar-refractivity contribution < 1.29 is 83.7 Å². The molecule has 0 bridgehead atoms. The number of benzene rings is 2. The Morgan fingerprint density at radius 3 is 2.24 bits per heavy atom. The maximum absolute atomic E-state index is 12.1. The number of rotatable bonds is 6. The van der Waals surface area contributed by atoms with E-state index in [4.69, 9.17) is 0 Å². The van der Waals surface area contributed by atoms with E-state index in [2.05, 4.69) is 0 Å². The normalized spacial score (nSPS) is 16.4. The van der Waals surface area contributed by atoms with Gasteiger partial charge in [-0.1, -0.05) is 49.4 Å². The van der Waals surface area contributed by atoms with Gasteiger partial charge >= 0.3 is 59.1 Å². The summed E-state index contributed by atoms with van der Waals surface area (Å²) in [6, 6.07) is 11.7. The molecule has 1 fully saturated rings. The van der Waals surface area contributed by atoms with Crippen LogP contribution >= 0.6 is 0 Å². The van der Waals surface area contributed by atoms with E-state index in [0.29, 0.717) is 18.4 Å². The molecule has 7 heteroatoms. The van der Waals surface area contributed by atoms with Crippen molar-refractivity contribution in [2.45, 2.75) is 38.5 Å². The van der Waals surface area contributed by atoms with E-state index < -0.39 is 17.9 Å². The Hall–Kier alpha value is -0.950. The first-order chi connectivity index (χ1) is 12.9. The first-order valence-corrected chi connectivity index (χ1v) is 9.05. The van der Waals surface area contributed by atoms with Crippen LogP contribution in [0.2, 0.25) is 0 Å². The Kier molecular flexibility index (Phi) is 10.3. The number of carbonyl (C=O) groups excluding carboxylic acids is 3. The number of hydrogen-bond acceptors (Lipinski definition) is 5. The van der Waals surface area contributed by atoms with Crippen LogP contribution in [-0.4, -0.2) is 17.7 Å². The van der Waals surface area contributed by atoms with Gasteiger partial charge in [0.2, 0.25) is 0 Å². The summed E-state index contributed by atoms with van der Waals surface area (Å²) in [6.07, 6.45) is 2.97. The summed E-state index contributed by atoms with van der Waals surface area (Å²) in [7, 11) is 0. The summed E-state index contributed by atoms with van der Waals surface area (Å²) in [6.45, 7) is 1.56. The van der Waals surface area contributed by atoms with Gasteiger partial charge in [0.25, 0.3) is 0 Å². The minimum absolute atomic E-state index is 0. The monoisotopic (exact) mass is 410 g/mol. The van der Waals surface area contributed by atoms with Gasteiger partial charge in [-0.3, -0.25) is 4.79 Å². The minimum atomic E-state index is -1.25. The smallest absolute Gasteiger partial charge is 0.550 e. The van der Waals surface area contributed by atoms with Gasteiger partial charge in [0.15, 0.2) is 0 Å². The third-order valence-corrected chi connectivity index (χ3v) is 5.32. The van der Waals surface area contributed by atoms with Crippen molar-refractivity contribution in [3.63, 3.8) is 0 Å². The summed E-state index contributed by atoms with van der Waals surface area (Å²) in [5.74, 6) is -2.94. The van der Waals surface area contributed by atoms with Crippen molar-refractivity contribution in [3.8, 4) is 11.1 Å². The second-order valence-electron chi connectivity index (χ2n) is 7.08. The first-order valence-electron chi connectivity index (χ1n) is 9.05. The molecule has 0 aliphatic heterocycles. The predicted molar refractivity (Wildman–Crippen MR) is 95.7 cm³/mol. The van der Waals surface area contributed by atoms with Gasteiger partial charge < -0.3 is 19.8 Å². The summed E-state index contributed by atoms with van der Waals surface area (Å²) >= 11 is 0. The summed E-state index contributed by atoms with van der Waals surface area (Å²) < 4.78 is 0. The van der Waals surface area contributed by atoms with Crippen LogP contribution in [0.1, 0.15) is 53.6 Å². The number of ketones is 1. The number of carbonyl (C=O) groups is 3. The van der Waals surface area contributed by atoms with Gasteiger partial charge in [0.05, 0.1) is 5.97 Å². The molecule has 29 heavy (non-hydrogen) atoms. The van der Waals surface area contributed by atoms with Crippen LogP contribution in [0, 0.1) is 5.92 Å². The standard InChI is InChI=1S/C22H22O5.2Na/c1-13(21(24)25)16-9-10-17(11-18-3-2-4-20(18)23)19(12-16)14-5-7-15(8-6-14)22(26)27;;/h5-10,12-13,18H,2-4,11H2,1H3,(H,24,25)(H,26,27);;/q;2*+1/p-2. The van der Waals surface area contributed by atoms with Crippen LogP contribution in [-0.2, 0) is 16.0 Å². The van der Waals surface area contributed by atoms with Crippen molar-refractivity contribution in [2.75, 3.05) is 0 Å². The summed E-state index contributed by atoms with van der Waals surface area (Å²) in [5, 5.41) is 22.2. The van der Waals surface area contributed by atoms with E-state index in [0.717, 1.165) is 29.5 Å². The first kappa shape index (κ1) is 26.1. The number of aliphatic carboxylic acids is 1. The molecule has 0 saturated heterocycles. The second-order valence-corrected chi connectivity index (χ2v) is 7.08. The molecular weight excluding hydrogens is 390 g/mol. The summed E-state index contributed by atoms with van der Waals surface area (Å²) in [4.78, 5) is 34.3. The maximum atomic E-state index is 12.1. The largest absolute Gasteiger partial charge is 1.00 e. The van der Waals surface area contributed by atoms with Crippen molar-refractivity contribution in [1.82, 2.24) is 0 Å². The molecule has 1 aliphatic rings. The Labute approximate surface area is 214 Å². The Balaban J connectivity index is 0.00000210. The number of Topliss-reactive ketones (excluding diaryl/α,β-unsaturated/α-hetero) is 1. The van der Waals surface area contributed by atoms with Crippen molar-refractivity contribution in [2.24, 2.45) is 5.92 Å². The van der Waals surface area contributed by atoms with Crippen LogP contribution in [0.15, 0.2) is 42.5 Å². The molecule has 1 saturated carbocycles. The maximum Gasteiger partial charge on any atom is 1.00 e. The molecular formula is C22H20Na2O5. The third-order valence-electron chi connectivity index (χ3n) is 5.32. The second kappa shape index (κ2) is 11.4. The zero-order valence-corrected chi connectivity index (χ0v) is 21.1. The minimum Gasteiger partial charge on any atom is -0.550 e. The SMILES string of the molecule is CC(C(=O)[O-])c1ccc(CC2CCCC2=O)c(-c2ccc(C(=O)[O-])cc2)c1.[Na+].[Na+]. The van der Waals surface area contributed by atoms with Crippen LogP contribution in [0.3, 0.4) is 0 Å². The molecule has 0 amide bonds. The molecule has 2 unspecified atom stereocenters. The molecule has 0 heterocycles. The van der Waals surface area contributed by atoms with Gasteiger partial charge in [-0.05, 0) is 47.1 Å². The van der Waals surface area contributed by atoms with E-state index in [1.807, 2.05) is 6.07 Å². The predicted octanol–water partition coefficient (Wildman–Crippen LogP) is -4.51. The van der Waals surface area contributed by atoms with Crippen LogP contribution in [0.25, 0.3) is 11.1 Å². The fourth-order valence-corrected chi connectivity index (χ4v) is 3.60. The molecule has 0 spiro atoms. The van der Waals surface area contributed by atoms with Crippen LogP contribution < -0.4 is 69.3 Å². The molecule has 0 radical (unpaired) electrons. The fourth-order valence-electron chi connectivity index (χ4n) is 3.60. The van der Waals surface area contributed by atoms with Gasteiger partial charge in [-0.25, -0.2) is 0 Å². The van der Waals surface area contributed by atoms with Crippen LogP contribution in [0.5, 0.6) is 0 Å². The van der Waals surface area contributed by atoms with Gasteiger partial charge in [0.1, 0.15) is 5.78 Å². The number of carboxylic acid groups (broad SMARTS) is 2. The average molecular weight is 410 g/mol. The molecule has 3 rings (SSSR count). The molecule has 1 aliphatic carbocycles. The van der Waals surface area contributed by atoms with Crippen molar-refractivity contribution in [3.05, 3.63) is 59.2 Å². The quantitative estimate of drug-likeness (QED) is 0.447. The molecule has 2 aromatic carbocycles. The van der Waals surface area contributed by atoms with E-state index in [9.17, 15) is 24.6 Å². The molecule has 0 N–H and O–H groups in total. The Bertz CT molecular complexity index is 893. The molecule has 5 nitrogen and oxygen atoms in total. The van der Waals surface area contributed by atoms with Gasteiger partial charge in [-0.15, -0.1) is 0 Å². The summed E-state index contributed by atoms with van der Waals surface area (Å²) in [5.41, 5.74) is 3.21. The Morgan fingerprint density at radius 1 is 1.07 bits per heavy atom. The molecule has 2 atom stereocenters. The fraction of sp³-hybridized carbons (Fsp3) is 0.318. The number of carboxylic acids is 2. The zero-order valence-electron chi connectivity index (χ0n) is 17.1. The van der Waals surface area contributed by atoms with Crippen LogP contribution in [0.4, 0.5) is 0 Å². The van der Waals surface area contributed by atoms with Crippen molar-refractivity contribution in [1.29, 1.82) is 0 Å². The Morgan fingerprint density at radius 2 is 1.72 bits per heavy atom. The van der Waals surface area contributed by atoms with E-state index in [1.165, 1.54) is 12.1 Å². The topological polar surface area (TPSA) is 97.3 Å². The van der Waals surface area contributed by atoms with Crippen molar-refractivity contribution >= 4 is 17.7 Å². The number of hydrogen-bond donors (Lipinski definition) is 0. The third kappa shape index (κ3) is 6.27. The van der Waals surface area contributed by atoms with Gasteiger partial charge in [-0.2, -0.15) is 0 Å². The number of aromatic carboxylic acids is 1. The van der Waals surface area contributed by atoms with E-state index >= 15 is 0 Å². The molecule has 2 aromatic rings.